The Morgan fingerprint density at radius 2 is 1.81 bits per heavy atom. The van der Waals surface area contributed by atoms with E-state index in [-0.39, 0.29) is 0 Å². The molecule has 1 aliphatic rings. The van der Waals surface area contributed by atoms with Gasteiger partial charge in [-0.15, -0.1) is 0 Å². The number of nitrogens with zero attached hydrogens (tertiary/aromatic N) is 2. The zero-order chi connectivity index (χ0) is 14.7. The molecular formula is C19H18N2. The number of allylic oxidation sites excluding steroid dienone is 1. The fourth-order valence-corrected chi connectivity index (χ4v) is 2.83. The number of rotatable bonds is 3. The number of hydrogen-bond acceptors (Lipinski definition) is 2. The molecule has 0 aliphatic carbocycles. The van der Waals surface area contributed by atoms with Crippen LogP contribution in [-0.2, 0) is 11.8 Å². The van der Waals surface area contributed by atoms with Gasteiger partial charge in [-0.3, -0.25) is 0 Å². The normalized spacial score (nSPS) is 15.9. The Morgan fingerprint density at radius 1 is 1.10 bits per heavy atom. The summed E-state index contributed by atoms with van der Waals surface area (Å²) in [5.74, 6) is 0. The predicted octanol–water partition coefficient (Wildman–Crippen LogP) is 4.04. The molecule has 2 nitrogen and oxygen atoms in total. The molecule has 2 heteroatoms. The fraction of sp³-hybridized carbons (Fsp3) is 0.211. The Balaban J connectivity index is 1.94. The maximum atomic E-state index is 9.72. The summed E-state index contributed by atoms with van der Waals surface area (Å²) >= 11 is 0. The highest BCUT2D eigenvalue weighted by Gasteiger charge is 2.29. The molecule has 0 bridgehead atoms. The quantitative estimate of drug-likeness (QED) is 0.844. The number of fused-ring (bicyclic) bond motifs is 1. The molecule has 0 N–H and O–H groups in total. The molecule has 1 unspecified atom stereocenters. The molecule has 0 radical (unpaired) electrons. The van der Waals surface area contributed by atoms with Crippen molar-refractivity contribution in [2.75, 3.05) is 11.4 Å². The third-order valence-corrected chi connectivity index (χ3v) is 4.07. The first-order chi connectivity index (χ1) is 10.2. The minimum absolute atomic E-state index is 0.532. The first kappa shape index (κ1) is 13.5. The first-order valence-corrected chi connectivity index (χ1v) is 7.21. The predicted molar refractivity (Wildman–Crippen MR) is 86.0 cm³/mol. The topological polar surface area (TPSA) is 27.0 Å². The third kappa shape index (κ3) is 2.55. The van der Waals surface area contributed by atoms with E-state index in [1.54, 1.807) is 0 Å². The van der Waals surface area contributed by atoms with Crippen LogP contribution >= 0.6 is 0 Å². The molecular weight excluding hydrogens is 256 g/mol. The highest BCUT2D eigenvalue weighted by atomic mass is 15.1. The lowest BCUT2D eigenvalue weighted by Crippen LogP contribution is -2.36. The summed E-state index contributed by atoms with van der Waals surface area (Å²) in [4.78, 5) is 2.19. The highest BCUT2D eigenvalue weighted by Crippen LogP contribution is 2.31. The van der Waals surface area contributed by atoms with Crippen molar-refractivity contribution in [1.29, 1.82) is 5.26 Å². The van der Waals surface area contributed by atoms with Crippen LogP contribution in [0.4, 0.5) is 5.69 Å². The SMILES string of the molecule is CC(C#N)(CN1C=CCc2ccccc21)c1ccccc1. The van der Waals surface area contributed by atoms with E-state index in [9.17, 15) is 5.26 Å². The molecule has 0 spiro atoms. The summed E-state index contributed by atoms with van der Waals surface area (Å²) in [7, 11) is 0. The van der Waals surface area contributed by atoms with Crippen LogP contribution in [-0.4, -0.2) is 6.54 Å². The van der Waals surface area contributed by atoms with Crippen LogP contribution < -0.4 is 4.90 Å². The molecule has 1 heterocycles. The van der Waals surface area contributed by atoms with Crippen molar-refractivity contribution < 1.29 is 0 Å². The second kappa shape index (κ2) is 5.46. The van der Waals surface area contributed by atoms with Gasteiger partial charge in [0.25, 0.3) is 0 Å². The van der Waals surface area contributed by atoms with E-state index in [1.807, 2.05) is 37.3 Å². The van der Waals surface area contributed by atoms with Crippen LogP contribution in [0.5, 0.6) is 0 Å². The Bertz CT molecular complexity index is 697. The Kier molecular flexibility index (Phi) is 3.50. The van der Waals surface area contributed by atoms with E-state index in [0.717, 1.165) is 12.0 Å². The zero-order valence-corrected chi connectivity index (χ0v) is 12.2. The van der Waals surface area contributed by atoms with E-state index in [1.165, 1.54) is 11.3 Å². The highest BCUT2D eigenvalue weighted by molar-refractivity contribution is 5.59. The maximum absolute atomic E-state index is 9.72. The molecule has 0 aromatic heterocycles. The molecule has 0 amide bonds. The molecule has 2 aromatic carbocycles. The van der Waals surface area contributed by atoms with Crippen molar-refractivity contribution in [3.05, 3.63) is 78.0 Å². The second-order valence-electron chi connectivity index (χ2n) is 5.66. The van der Waals surface area contributed by atoms with Crippen LogP contribution in [0.15, 0.2) is 66.9 Å². The minimum Gasteiger partial charge on any atom is -0.346 e. The second-order valence-corrected chi connectivity index (χ2v) is 5.66. The minimum atomic E-state index is -0.532. The van der Waals surface area contributed by atoms with Crippen molar-refractivity contribution in [3.63, 3.8) is 0 Å². The van der Waals surface area contributed by atoms with Crippen molar-refractivity contribution in [2.24, 2.45) is 0 Å². The molecule has 21 heavy (non-hydrogen) atoms. The summed E-state index contributed by atoms with van der Waals surface area (Å²) in [6, 6.07) is 20.9. The lowest BCUT2D eigenvalue weighted by atomic mass is 9.83. The van der Waals surface area contributed by atoms with Crippen molar-refractivity contribution in [1.82, 2.24) is 0 Å². The molecule has 2 aromatic rings. The summed E-state index contributed by atoms with van der Waals surface area (Å²) in [6.07, 6.45) is 5.22. The Labute approximate surface area is 126 Å². The molecule has 0 saturated heterocycles. The third-order valence-electron chi connectivity index (χ3n) is 4.07. The average Bonchev–Trinajstić information content (AvgIpc) is 2.56. The van der Waals surface area contributed by atoms with Crippen LogP contribution in [0.2, 0.25) is 0 Å². The number of nitriles is 1. The average molecular weight is 274 g/mol. The lowest BCUT2D eigenvalue weighted by Gasteiger charge is -2.33. The molecule has 0 saturated carbocycles. The van der Waals surface area contributed by atoms with Crippen LogP contribution in [0.1, 0.15) is 18.1 Å². The molecule has 104 valence electrons. The number of hydrogen-bond donors (Lipinski definition) is 0. The van der Waals surface area contributed by atoms with Gasteiger partial charge in [-0.2, -0.15) is 5.26 Å². The van der Waals surface area contributed by atoms with Gasteiger partial charge < -0.3 is 4.90 Å². The van der Waals surface area contributed by atoms with Gasteiger partial charge in [-0.1, -0.05) is 54.6 Å². The molecule has 3 rings (SSSR count). The summed E-state index contributed by atoms with van der Waals surface area (Å²) in [5, 5.41) is 9.72. The van der Waals surface area contributed by atoms with Crippen LogP contribution in [0, 0.1) is 11.3 Å². The summed E-state index contributed by atoms with van der Waals surface area (Å²) in [5.41, 5.74) is 3.05. The maximum Gasteiger partial charge on any atom is 0.0972 e. The van der Waals surface area contributed by atoms with E-state index < -0.39 is 5.41 Å². The smallest absolute Gasteiger partial charge is 0.0972 e. The Morgan fingerprint density at radius 3 is 2.57 bits per heavy atom. The zero-order valence-electron chi connectivity index (χ0n) is 12.2. The van der Waals surface area contributed by atoms with Crippen molar-refractivity contribution in [3.8, 4) is 6.07 Å². The van der Waals surface area contributed by atoms with Gasteiger partial charge in [0.1, 0.15) is 0 Å². The molecule has 0 fully saturated rings. The number of para-hydroxylation sites is 1. The van der Waals surface area contributed by atoms with Gasteiger partial charge >= 0.3 is 0 Å². The molecule has 1 aliphatic heterocycles. The van der Waals surface area contributed by atoms with E-state index in [0.29, 0.717) is 6.54 Å². The van der Waals surface area contributed by atoms with E-state index >= 15 is 0 Å². The van der Waals surface area contributed by atoms with Crippen LogP contribution in [0.3, 0.4) is 0 Å². The van der Waals surface area contributed by atoms with Gasteiger partial charge in [0.05, 0.1) is 11.5 Å². The molecule has 1 atom stereocenters. The fourth-order valence-electron chi connectivity index (χ4n) is 2.83. The number of anilines is 1. The summed E-state index contributed by atoms with van der Waals surface area (Å²) in [6.45, 7) is 2.66. The Hall–Kier alpha value is -2.53. The monoisotopic (exact) mass is 274 g/mol. The van der Waals surface area contributed by atoms with Gasteiger partial charge in [0.15, 0.2) is 0 Å². The van der Waals surface area contributed by atoms with Gasteiger partial charge in [0, 0.05) is 18.4 Å². The van der Waals surface area contributed by atoms with Crippen molar-refractivity contribution in [2.45, 2.75) is 18.8 Å². The van der Waals surface area contributed by atoms with E-state index in [4.69, 9.17) is 0 Å². The van der Waals surface area contributed by atoms with Crippen LogP contribution in [0.25, 0.3) is 0 Å². The largest absolute Gasteiger partial charge is 0.346 e. The summed E-state index contributed by atoms with van der Waals surface area (Å²) < 4.78 is 0. The van der Waals surface area contributed by atoms with Gasteiger partial charge in [-0.25, -0.2) is 0 Å². The first-order valence-electron chi connectivity index (χ1n) is 7.21. The van der Waals surface area contributed by atoms with Crippen molar-refractivity contribution >= 4 is 5.69 Å². The standard InChI is InChI=1S/C19H18N2/c1-19(14-20,17-10-3-2-4-11-17)15-21-13-7-9-16-8-5-6-12-18(16)21/h2-8,10-13H,9,15H2,1H3. The van der Waals surface area contributed by atoms with E-state index in [2.05, 4.69) is 47.5 Å². The number of benzene rings is 2. The van der Waals surface area contributed by atoms with Gasteiger partial charge in [0.2, 0.25) is 0 Å². The lowest BCUT2D eigenvalue weighted by molar-refractivity contribution is 0.608. The van der Waals surface area contributed by atoms with Gasteiger partial charge in [-0.05, 0) is 30.5 Å².